The molecule has 1 heterocycles. The number of anilines is 3. The van der Waals surface area contributed by atoms with Crippen molar-refractivity contribution in [3.05, 3.63) is 43.0 Å². The summed E-state index contributed by atoms with van der Waals surface area (Å²) in [5.41, 5.74) is 7.94. The Morgan fingerprint density at radius 3 is 2.60 bits per heavy atom. The number of amides is 1. The van der Waals surface area contributed by atoms with E-state index in [1.807, 2.05) is 12.1 Å². The maximum absolute atomic E-state index is 11.2. The highest BCUT2D eigenvalue weighted by atomic mass is 16.1. The molecule has 0 saturated heterocycles. The number of carbonyl (C=O) groups is 1. The lowest BCUT2D eigenvalue weighted by Gasteiger charge is -2.07. The molecule has 1 amide bonds. The molecule has 1 aromatic heterocycles. The largest absolute Gasteiger partial charge is 0.373 e. The van der Waals surface area contributed by atoms with E-state index in [0.717, 1.165) is 5.56 Å². The monoisotopic (exact) mass is 269 g/mol. The van der Waals surface area contributed by atoms with Crippen molar-refractivity contribution in [1.29, 1.82) is 0 Å². The van der Waals surface area contributed by atoms with Crippen LogP contribution in [-0.2, 0) is 4.79 Å². The van der Waals surface area contributed by atoms with Crippen LogP contribution in [-0.4, -0.2) is 22.9 Å². The van der Waals surface area contributed by atoms with Crippen molar-refractivity contribution >= 4 is 23.4 Å². The molecule has 2 rings (SSSR count). The molecule has 20 heavy (non-hydrogen) atoms. The van der Waals surface area contributed by atoms with E-state index in [0.29, 0.717) is 17.2 Å². The number of carbonyl (C=O) groups excluding carboxylic acids is 1. The molecule has 4 N–H and O–H groups in total. The van der Waals surface area contributed by atoms with Crippen LogP contribution in [0.2, 0.25) is 0 Å². The van der Waals surface area contributed by atoms with Gasteiger partial charge in [-0.2, -0.15) is 4.98 Å². The van der Waals surface area contributed by atoms with Crippen molar-refractivity contribution in [2.75, 3.05) is 23.4 Å². The normalized spacial score (nSPS) is 9.85. The summed E-state index contributed by atoms with van der Waals surface area (Å²) in [6.07, 6.45) is 1.22. The van der Waals surface area contributed by atoms with Crippen molar-refractivity contribution in [2.24, 2.45) is 0 Å². The molecule has 0 aliphatic heterocycles. The molecule has 0 aliphatic rings. The van der Waals surface area contributed by atoms with Crippen LogP contribution in [0, 0.1) is 0 Å². The number of hydrogen-bond acceptors (Lipinski definition) is 5. The molecule has 0 spiro atoms. The summed E-state index contributed by atoms with van der Waals surface area (Å²) in [6, 6.07) is 9.07. The highest BCUT2D eigenvalue weighted by Gasteiger charge is 2.04. The number of rotatable bonds is 4. The first-order valence-electron chi connectivity index (χ1n) is 5.98. The predicted molar refractivity (Wildman–Crippen MR) is 80.3 cm³/mol. The Labute approximate surface area is 116 Å². The number of nitrogens with two attached hydrogens (primary N) is 1. The van der Waals surface area contributed by atoms with E-state index in [1.54, 1.807) is 25.2 Å². The zero-order valence-electron chi connectivity index (χ0n) is 11.1. The summed E-state index contributed by atoms with van der Waals surface area (Å²) < 4.78 is 0. The van der Waals surface area contributed by atoms with Crippen LogP contribution in [0.1, 0.15) is 0 Å². The average molecular weight is 269 g/mol. The quantitative estimate of drug-likeness (QED) is 0.737. The van der Waals surface area contributed by atoms with Crippen LogP contribution in [0.15, 0.2) is 43.0 Å². The molecule has 0 unspecified atom stereocenters. The summed E-state index contributed by atoms with van der Waals surface area (Å²) in [4.78, 5) is 19.4. The van der Waals surface area contributed by atoms with Crippen LogP contribution >= 0.6 is 0 Å². The SMILES string of the molecule is C=CC(=O)Nc1ccc(-c2cc(NC)nc(N)n2)cc1. The molecule has 0 radical (unpaired) electrons. The van der Waals surface area contributed by atoms with Crippen LogP contribution in [0.4, 0.5) is 17.5 Å². The van der Waals surface area contributed by atoms with E-state index in [9.17, 15) is 4.79 Å². The fraction of sp³-hybridized carbons (Fsp3) is 0.0714. The average Bonchev–Trinajstić information content (AvgIpc) is 2.47. The van der Waals surface area contributed by atoms with Gasteiger partial charge in [-0.15, -0.1) is 0 Å². The van der Waals surface area contributed by atoms with Gasteiger partial charge in [-0.3, -0.25) is 4.79 Å². The van der Waals surface area contributed by atoms with Crippen molar-refractivity contribution < 1.29 is 4.79 Å². The minimum Gasteiger partial charge on any atom is -0.373 e. The van der Waals surface area contributed by atoms with E-state index >= 15 is 0 Å². The lowest BCUT2D eigenvalue weighted by atomic mass is 10.1. The summed E-state index contributed by atoms with van der Waals surface area (Å²) in [7, 11) is 1.76. The smallest absolute Gasteiger partial charge is 0.247 e. The van der Waals surface area contributed by atoms with Crippen molar-refractivity contribution in [2.45, 2.75) is 0 Å². The molecule has 6 heteroatoms. The summed E-state index contributed by atoms with van der Waals surface area (Å²) in [5.74, 6) is 0.605. The maximum atomic E-state index is 11.2. The van der Waals surface area contributed by atoms with E-state index < -0.39 is 0 Å². The fourth-order valence-corrected chi connectivity index (χ4v) is 1.66. The lowest BCUT2D eigenvalue weighted by Crippen LogP contribution is -2.06. The minimum atomic E-state index is -0.249. The molecule has 0 bridgehead atoms. The van der Waals surface area contributed by atoms with Crippen molar-refractivity contribution in [3.63, 3.8) is 0 Å². The Bertz CT molecular complexity index is 637. The Morgan fingerprint density at radius 2 is 2.00 bits per heavy atom. The van der Waals surface area contributed by atoms with Gasteiger partial charge in [0.25, 0.3) is 0 Å². The Balaban J connectivity index is 2.27. The van der Waals surface area contributed by atoms with Gasteiger partial charge in [-0.25, -0.2) is 4.98 Å². The second-order valence-corrected chi connectivity index (χ2v) is 4.02. The van der Waals surface area contributed by atoms with Gasteiger partial charge >= 0.3 is 0 Å². The Morgan fingerprint density at radius 1 is 1.30 bits per heavy atom. The summed E-state index contributed by atoms with van der Waals surface area (Å²) >= 11 is 0. The molecular weight excluding hydrogens is 254 g/mol. The second-order valence-electron chi connectivity index (χ2n) is 4.02. The first-order chi connectivity index (χ1) is 9.62. The first-order valence-corrected chi connectivity index (χ1v) is 5.98. The number of nitrogen functional groups attached to an aromatic ring is 1. The molecule has 0 atom stereocenters. The van der Waals surface area contributed by atoms with Crippen LogP contribution < -0.4 is 16.4 Å². The van der Waals surface area contributed by atoms with E-state index in [1.165, 1.54) is 6.08 Å². The Kier molecular flexibility index (Phi) is 3.95. The van der Waals surface area contributed by atoms with Gasteiger partial charge in [0.1, 0.15) is 5.82 Å². The summed E-state index contributed by atoms with van der Waals surface area (Å²) in [6.45, 7) is 3.40. The highest BCUT2D eigenvalue weighted by Crippen LogP contribution is 2.22. The Hall–Kier alpha value is -2.89. The number of aromatic nitrogens is 2. The molecule has 102 valence electrons. The van der Waals surface area contributed by atoms with E-state index in [-0.39, 0.29) is 11.9 Å². The molecule has 0 aliphatic carbocycles. The lowest BCUT2D eigenvalue weighted by molar-refractivity contribution is -0.111. The van der Waals surface area contributed by atoms with Gasteiger partial charge in [-0.05, 0) is 18.2 Å². The number of hydrogen-bond donors (Lipinski definition) is 3. The molecule has 0 fully saturated rings. The number of nitrogens with one attached hydrogen (secondary N) is 2. The van der Waals surface area contributed by atoms with Gasteiger partial charge < -0.3 is 16.4 Å². The zero-order valence-corrected chi connectivity index (χ0v) is 11.1. The zero-order chi connectivity index (χ0) is 14.5. The topological polar surface area (TPSA) is 92.9 Å². The van der Waals surface area contributed by atoms with Gasteiger partial charge in [0.15, 0.2) is 0 Å². The van der Waals surface area contributed by atoms with Gasteiger partial charge in [0, 0.05) is 24.4 Å². The molecule has 0 saturated carbocycles. The molecule has 6 nitrogen and oxygen atoms in total. The van der Waals surface area contributed by atoms with Gasteiger partial charge in [0.05, 0.1) is 5.69 Å². The summed E-state index contributed by atoms with van der Waals surface area (Å²) in [5, 5.41) is 5.60. The number of nitrogens with zero attached hydrogens (tertiary/aromatic N) is 2. The fourth-order valence-electron chi connectivity index (χ4n) is 1.66. The van der Waals surface area contributed by atoms with Crippen molar-refractivity contribution in [3.8, 4) is 11.3 Å². The van der Waals surface area contributed by atoms with Crippen molar-refractivity contribution in [1.82, 2.24) is 9.97 Å². The maximum Gasteiger partial charge on any atom is 0.247 e. The second kappa shape index (κ2) is 5.83. The van der Waals surface area contributed by atoms with E-state index in [2.05, 4.69) is 27.2 Å². The first kappa shape index (κ1) is 13.5. The minimum absolute atomic E-state index is 0.205. The molecule has 1 aromatic carbocycles. The molecular formula is C14H15N5O. The van der Waals surface area contributed by atoms with Crippen LogP contribution in [0.3, 0.4) is 0 Å². The predicted octanol–water partition coefficient (Wildman–Crippen LogP) is 1.89. The third-order valence-corrected chi connectivity index (χ3v) is 2.63. The van der Waals surface area contributed by atoms with Crippen LogP contribution in [0.25, 0.3) is 11.3 Å². The number of benzene rings is 1. The highest BCUT2D eigenvalue weighted by molar-refractivity contribution is 5.98. The van der Waals surface area contributed by atoms with Gasteiger partial charge in [-0.1, -0.05) is 18.7 Å². The van der Waals surface area contributed by atoms with Crippen LogP contribution in [0.5, 0.6) is 0 Å². The third-order valence-electron chi connectivity index (χ3n) is 2.63. The third kappa shape index (κ3) is 3.11. The standard InChI is InChI=1S/C14H15N5O/c1-3-13(20)17-10-6-4-9(5-7-10)11-8-12(16-2)19-14(15)18-11/h3-8H,1H2,2H3,(H,17,20)(H3,15,16,18,19). The van der Waals surface area contributed by atoms with E-state index in [4.69, 9.17) is 5.73 Å². The molecule has 2 aromatic rings. The van der Waals surface area contributed by atoms with Gasteiger partial charge in [0.2, 0.25) is 11.9 Å².